The fourth-order valence-corrected chi connectivity index (χ4v) is 4.68. The summed E-state index contributed by atoms with van der Waals surface area (Å²) in [6, 6.07) is 14.1. The highest BCUT2D eigenvalue weighted by atomic mass is 32.1. The monoisotopic (exact) mass is 421 g/mol. The SMILES string of the molecule is CC(=CC(=O)N1CCN(c2nsc3ccccc23)CC1)c1ccc2c(c1)OCCO2. The number of carbonyl (C=O) groups is 1. The zero-order valence-electron chi connectivity index (χ0n) is 16.8. The van der Waals surface area contributed by atoms with Crippen molar-refractivity contribution in [3.05, 3.63) is 54.1 Å². The molecule has 0 aliphatic carbocycles. The van der Waals surface area contributed by atoms with Crippen molar-refractivity contribution in [3.8, 4) is 11.5 Å². The number of nitrogens with zero attached hydrogens (tertiary/aromatic N) is 3. The van der Waals surface area contributed by atoms with Crippen LogP contribution in [0.1, 0.15) is 12.5 Å². The van der Waals surface area contributed by atoms with E-state index in [1.54, 1.807) is 6.08 Å². The van der Waals surface area contributed by atoms with Crippen molar-refractivity contribution in [1.82, 2.24) is 9.27 Å². The number of amides is 1. The lowest BCUT2D eigenvalue weighted by atomic mass is 10.1. The van der Waals surface area contributed by atoms with Gasteiger partial charge in [0.1, 0.15) is 19.0 Å². The highest BCUT2D eigenvalue weighted by Crippen LogP contribution is 2.33. The van der Waals surface area contributed by atoms with Gasteiger partial charge in [0.15, 0.2) is 11.5 Å². The number of rotatable bonds is 3. The first kappa shape index (κ1) is 18.9. The number of aromatic nitrogens is 1. The third-order valence-electron chi connectivity index (χ3n) is 5.59. The van der Waals surface area contributed by atoms with Crippen LogP contribution in [0.25, 0.3) is 15.7 Å². The summed E-state index contributed by atoms with van der Waals surface area (Å²) in [5, 5.41) is 1.19. The maximum absolute atomic E-state index is 12.8. The Balaban J connectivity index is 1.25. The summed E-state index contributed by atoms with van der Waals surface area (Å²) in [5.41, 5.74) is 1.89. The fraction of sp³-hybridized carbons (Fsp3) is 0.304. The molecule has 0 unspecified atom stereocenters. The third-order valence-corrected chi connectivity index (χ3v) is 6.40. The third kappa shape index (κ3) is 3.61. The van der Waals surface area contributed by atoms with Crippen LogP contribution in [-0.4, -0.2) is 54.6 Å². The Morgan fingerprint density at radius 3 is 2.63 bits per heavy atom. The topological polar surface area (TPSA) is 54.9 Å². The molecule has 0 atom stereocenters. The molecule has 1 fully saturated rings. The van der Waals surface area contributed by atoms with Gasteiger partial charge in [0.2, 0.25) is 5.91 Å². The minimum absolute atomic E-state index is 0.0465. The number of ether oxygens (including phenoxy) is 2. The van der Waals surface area contributed by atoms with Gasteiger partial charge in [-0.1, -0.05) is 18.2 Å². The summed E-state index contributed by atoms with van der Waals surface area (Å²) in [6.07, 6.45) is 1.72. The molecule has 2 aliphatic heterocycles. The first-order valence-electron chi connectivity index (χ1n) is 10.2. The smallest absolute Gasteiger partial charge is 0.246 e. The number of benzene rings is 2. The highest BCUT2D eigenvalue weighted by Gasteiger charge is 2.23. The predicted octanol–water partition coefficient (Wildman–Crippen LogP) is 3.82. The number of piperazine rings is 1. The van der Waals surface area contributed by atoms with Crippen LogP contribution in [0.4, 0.5) is 5.82 Å². The van der Waals surface area contributed by atoms with Gasteiger partial charge in [-0.15, -0.1) is 0 Å². The Kier molecular flexibility index (Phi) is 5.04. The molecule has 0 saturated carbocycles. The Bertz CT molecular complexity index is 1120. The van der Waals surface area contributed by atoms with Crippen LogP contribution in [0, 0.1) is 0 Å². The minimum Gasteiger partial charge on any atom is -0.486 e. The molecule has 30 heavy (non-hydrogen) atoms. The van der Waals surface area contributed by atoms with E-state index in [1.807, 2.05) is 42.2 Å². The standard InChI is InChI=1S/C23H23N3O3S/c1-16(17-6-7-19-20(15-17)29-13-12-28-19)14-22(27)25-8-10-26(11-9-25)23-18-4-2-3-5-21(18)30-24-23/h2-7,14-15H,8-13H2,1H3. The van der Waals surface area contributed by atoms with E-state index in [2.05, 4.69) is 21.4 Å². The summed E-state index contributed by atoms with van der Waals surface area (Å²) in [6.45, 7) is 6.04. The van der Waals surface area contributed by atoms with Gasteiger partial charge in [-0.25, -0.2) is 0 Å². The average Bonchev–Trinajstić information content (AvgIpc) is 3.23. The lowest BCUT2D eigenvalue weighted by Crippen LogP contribution is -2.48. The summed E-state index contributed by atoms with van der Waals surface area (Å²) < 4.78 is 17.1. The van der Waals surface area contributed by atoms with Crippen LogP contribution in [0.2, 0.25) is 0 Å². The first-order chi connectivity index (χ1) is 14.7. The normalized spacial score (nSPS) is 16.8. The van der Waals surface area contributed by atoms with Crippen LogP contribution < -0.4 is 14.4 Å². The Hall–Kier alpha value is -3.06. The maximum atomic E-state index is 12.8. The molecule has 0 radical (unpaired) electrons. The molecule has 1 amide bonds. The van der Waals surface area contributed by atoms with Gasteiger partial charge in [-0.2, -0.15) is 4.37 Å². The predicted molar refractivity (Wildman–Crippen MR) is 119 cm³/mol. The fourth-order valence-electron chi connectivity index (χ4n) is 3.89. The molecule has 6 nitrogen and oxygen atoms in total. The van der Waals surface area contributed by atoms with Crippen LogP contribution in [0.3, 0.4) is 0 Å². The van der Waals surface area contributed by atoms with Crippen molar-refractivity contribution in [3.63, 3.8) is 0 Å². The van der Waals surface area contributed by atoms with Crippen molar-refractivity contribution in [1.29, 1.82) is 0 Å². The van der Waals surface area contributed by atoms with E-state index in [0.717, 1.165) is 41.5 Å². The molecule has 2 aromatic carbocycles. The second kappa shape index (κ2) is 7.99. The molecule has 5 rings (SSSR count). The minimum atomic E-state index is 0.0465. The Morgan fingerprint density at radius 2 is 1.80 bits per heavy atom. The van der Waals surface area contributed by atoms with Gasteiger partial charge >= 0.3 is 0 Å². The Labute approximate surface area is 179 Å². The van der Waals surface area contributed by atoms with E-state index in [9.17, 15) is 4.79 Å². The van der Waals surface area contributed by atoms with Crippen LogP contribution in [0.5, 0.6) is 11.5 Å². The lowest BCUT2D eigenvalue weighted by molar-refractivity contribution is -0.126. The molecule has 0 spiro atoms. The molecule has 3 aromatic rings. The molecule has 7 heteroatoms. The van der Waals surface area contributed by atoms with Crippen molar-refractivity contribution in [2.45, 2.75) is 6.92 Å². The van der Waals surface area contributed by atoms with Crippen molar-refractivity contribution in [2.24, 2.45) is 0 Å². The molecule has 0 N–H and O–H groups in total. The highest BCUT2D eigenvalue weighted by molar-refractivity contribution is 7.13. The quantitative estimate of drug-likeness (QED) is 0.602. The van der Waals surface area contributed by atoms with Crippen molar-refractivity contribution >= 4 is 38.9 Å². The summed E-state index contributed by atoms with van der Waals surface area (Å²) >= 11 is 1.53. The molecule has 1 aromatic heterocycles. The van der Waals surface area contributed by atoms with Crippen molar-refractivity contribution in [2.75, 3.05) is 44.3 Å². The molecule has 1 saturated heterocycles. The van der Waals surface area contributed by atoms with E-state index in [-0.39, 0.29) is 5.91 Å². The molecule has 154 valence electrons. The van der Waals surface area contributed by atoms with E-state index >= 15 is 0 Å². The summed E-state index contributed by atoms with van der Waals surface area (Å²) in [4.78, 5) is 17.0. The zero-order chi connectivity index (χ0) is 20.5. The van der Waals surface area contributed by atoms with E-state index in [0.29, 0.717) is 26.3 Å². The molecule has 3 heterocycles. The van der Waals surface area contributed by atoms with Gasteiger partial charge in [-0.05, 0) is 53.9 Å². The van der Waals surface area contributed by atoms with Crippen LogP contribution in [0.15, 0.2) is 48.5 Å². The molecule has 2 aliphatic rings. The zero-order valence-corrected chi connectivity index (χ0v) is 17.7. The van der Waals surface area contributed by atoms with Crippen LogP contribution in [-0.2, 0) is 4.79 Å². The van der Waals surface area contributed by atoms with E-state index in [4.69, 9.17) is 9.47 Å². The van der Waals surface area contributed by atoms with Gasteiger partial charge in [-0.3, -0.25) is 4.79 Å². The lowest BCUT2D eigenvalue weighted by Gasteiger charge is -2.34. The van der Waals surface area contributed by atoms with Gasteiger partial charge in [0.05, 0.1) is 4.70 Å². The number of carbonyl (C=O) groups excluding carboxylic acids is 1. The van der Waals surface area contributed by atoms with E-state index in [1.165, 1.54) is 21.6 Å². The van der Waals surface area contributed by atoms with Gasteiger partial charge in [0.25, 0.3) is 0 Å². The Morgan fingerprint density at radius 1 is 1.03 bits per heavy atom. The number of allylic oxidation sites excluding steroid dienone is 1. The number of fused-ring (bicyclic) bond motifs is 2. The van der Waals surface area contributed by atoms with Gasteiger partial charge < -0.3 is 19.3 Å². The van der Waals surface area contributed by atoms with Gasteiger partial charge in [0, 0.05) is 37.6 Å². The number of hydrogen-bond donors (Lipinski definition) is 0. The summed E-state index contributed by atoms with van der Waals surface area (Å²) in [5.74, 6) is 2.58. The number of anilines is 1. The molecular weight excluding hydrogens is 398 g/mol. The summed E-state index contributed by atoms with van der Waals surface area (Å²) in [7, 11) is 0. The van der Waals surface area contributed by atoms with Crippen molar-refractivity contribution < 1.29 is 14.3 Å². The number of hydrogen-bond acceptors (Lipinski definition) is 6. The maximum Gasteiger partial charge on any atom is 0.246 e. The average molecular weight is 422 g/mol. The first-order valence-corrected chi connectivity index (χ1v) is 10.9. The molecular formula is C23H23N3O3S. The largest absolute Gasteiger partial charge is 0.486 e. The second-order valence-corrected chi connectivity index (χ2v) is 8.31. The molecule has 0 bridgehead atoms. The van der Waals surface area contributed by atoms with E-state index < -0.39 is 0 Å². The van der Waals surface area contributed by atoms with Crippen LogP contribution >= 0.6 is 11.5 Å². The second-order valence-electron chi connectivity index (χ2n) is 7.50.